The Bertz CT molecular complexity index is 784. The molecule has 21 heavy (non-hydrogen) atoms. The van der Waals surface area contributed by atoms with Crippen LogP contribution in [0.1, 0.15) is 16.4 Å². The second-order valence-corrected chi connectivity index (χ2v) is 5.67. The van der Waals surface area contributed by atoms with Crippen LogP contribution < -0.4 is 15.2 Å². The van der Waals surface area contributed by atoms with E-state index in [1.54, 1.807) is 6.92 Å². The van der Waals surface area contributed by atoms with Crippen molar-refractivity contribution < 1.29 is 17.9 Å². The van der Waals surface area contributed by atoms with Crippen LogP contribution in [0.2, 0.25) is 0 Å². The molecule has 4 N–H and O–H groups in total. The molecule has 112 valence electrons. The van der Waals surface area contributed by atoms with Crippen molar-refractivity contribution in [2.75, 3.05) is 12.4 Å². The average molecular weight is 311 g/mol. The number of hydrogen-bond donors (Lipinski definition) is 3. The lowest BCUT2D eigenvalue weighted by Crippen LogP contribution is -2.16. The molecule has 0 aliphatic carbocycles. The normalized spacial score (nSPS) is 11.2. The summed E-state index contributed by atoms with van der Waals surface area (Å²) in [6.07, 6.45) is 0. The van der Waals surface area contributed by atoms with Crippen LogP contribution >= 0.6 is 0 Å². The summed E-state index contributed by atoms with van der Waals surface area (Å²) >= 11 is 0. The van der Waals surface area contributed by atoms with Gasteiger partial charge in [-0.15, -0.1) is 5.10 Å². The molecule has 0 saturated carbocycles. The van der Waals surface area contributed by atoms with Crippen molar-refractivity contribution in [3.63, 3.8) is 0 Å². The Morgan fingerprint density at radius 1 is 1.43 bits per heavy atom. The van der Waals surface area contributed by atoms with Crippen molar-refractivity contribution in [3.05, 3.63) is 29.8 Å². The minimum Gasteiger partial charge on any atom is -0.495 e. The van der Waals surface area contributed by atoms with E-state index in [-0.39, 0.29) is 22.2 Å². The first-order valence-corrected chi connectivity index (χ1v) is 7.27. The van der Waals surface area contributed by atoms with E-state index in [4.69, 9.17) is 9.88 Å². The molecule has 9 nitrogen and oxygen atoms in total. The van der Waals surface area contributed by atoms with Crippen molar-refractivity contribution in [1.29, 1.82) is 0 Å². The van der Waals surface area contributed by atoms with Crippen LogP contribution in [0.5, 0.6) is 5.75 Å². The van der Waals surface area contributed by atoms with E-state index < -0.39 is 15.9 Å². The SMILES string of the molecule is COc1ccc(S(N)(=O)=O)cc1NC(=O)c1n[nH]c(C)n1. The van der Waals surface area contributed by atoms with E-state index in [1.807, 2.05) is 0 Å². The third-order valence-electron chi connectivity index (χ3n) is 2.55. The van der Waals surface area contributed by atoms with Crippen molar-refractivity contribution in [2.24, 2.45) is 5.14 Å². The van der Waals surface area contributed by atoms with E-state index in [1.165, 1.54) is 25.3 Å². The summed E-state index contributed by atoms with van der Waals surface area (Å²) in [5.41, 5.74) is 0.150. The number of nitrogens with one attached hydrogen (secondary N) is 2. The third-order valence-corrected chi connectivity index (χ3v) is 3.46. The Balaban J connectivity index is 2.36. The number of methoxy groups -OCH3 is 1. The number of anilines is 1. The highest BCUT2D eigenvalue weighted by atomic mass is 32.2. The second kappa shape index (κ2) is 5.50. The van der Waals surface area contributed by atoms with Crippen molar-refractivity contribution in [2.45, 2.75) is 11.8 Å². The number of aromatic nitrogens is 3. The predicted octanol–water partition coefficient (Wildman–Crippen LogP) is 0.0214. The smallest absolute Gasteiger partial charge is 0.295 e. The van der Waals surface area contributed by atoms with Gasteiger partial charge < -0.3 is 10.1 Å². The predicted molar refractivity (Wildman–Crippen MR) is 73.4 cm³/mol. The number of H-pyrrole nitrogens is 1. The molecule has 0 fully saturated rings. The number of nitrogens with zero attached hydrogens (tertiary/aromatic N) is 2. The Labute approximate surface area is 120 Å². The zero-order valence-electron chi connectivity index (χ0n) is 11.2. The highest BCUT2D eigenvalue weighted by molar-refractivity contribution is 7.89. The van der Waals surface area contributed by atoms with E-state index in [0.29, 0.717) is 5.82 Å². The number of aromatic amines is 1. The highest BCUT2D eigenvalue weighted by Crippen LogP contribution is 2.27. The fraction of sp³-hybridized carbons (Fsp3) is 0.182. The molecule has 1 heterocycles. The number of ether oxygens (including phenoxy) is 1. The average Bonchev–Trinajstić information content (AvgIpc) is 2.84. The van der Waals surface area contributed by atoms with Gasteiger partial charge in [0.1, 0.15) is 11.6 Å². The summed E-state index contributed by atoms with van der Waals surface area (Å²) in [4.78, 5) is 15.7. The number of benzene rings is 1. The molecule has 0 saturated heterocycles. The number of carbonyl (C=O) groups is 1. The lowest BCUT2D eigenvalue weighted by Gasteiger charge is -2.10. The molecule has 0 aliphatic heterocycles. The summed E-state index contributed by atoms with van der Waals surface area (Å²) in [6.45, 7) is 1.64. The molecule has 0 unspecified atom stereocenters. The first-order chi connectivity index (χ1) is 9.81. The molecule has 1 amide bonds. The number of sulfonamides is 1. The number of aryl methyl sites for hydroxylation is 1. The maximum atomic E-state index is 12.0. The monoisotopic (exact) mass is 311 g/mol. The van der Waals surface area contributed by atoms with Gasteiger partial charge in [-0.1, -0.05) is 0 Å². The molecule has 0 spiro atoms. The third kappa shape index (κ3) is 3.35. The Morgan fingerprint density at radius 2 is 2.14 bits per heavy atom. The topological polar surface area (TPSA) is 140 Å². The fourth-order valence-electron chi connectivity index (χ4n) is 1.58. The summed E-state index contributed by atoms with van der Waals surface area (Å²) in [7, 11) is -2.50. The Hall–Kier alpha value is -2.46. The van der Waals surface area contributed by atoms with Crippen LogP contribution in [0.3, 0.4) is 0 Å². The summed E-state index contributed by atoms with van der Waals surface area (Å²) < 4.78 is 27.7. The molecule has 2 rings (SSSR count). The number of hydrogen-bond acceptors (Lipinski definition) is 6. The van der Waals surface area contributed by atoms with Gasteiger partial charge in [0.05, 0.1) is 17.7 Å². The summed E-state index contributed by atoms with van der Waals surface area (Å²) in [5.74, 6) is 0.0770. The van der Waals surface area contributed by atoms with Gasteiger partial charge in [0.2, 0.25) is 15.8 Å². The Morgan fingerprint density at radius 3 is 2.67 bits per heavy atom. The molecule has 2 aromatic rings. The van der Waals surface area contributed by atoms with Crippen LogP contribution in [0.25, 0.3) is 0 Å². The largest absolute Gasteiger partial charge is 0.495 e. The lowest BCUT2D eigenvalue weighted by atomic mass is 10.3. The van der Waals surface area contributed by atoms with Crippen molar-refractivity contribution >= 4 is 21.6 Å². The van der Waals surface area contributed by atoms with Crippen molar-refractivity contribution in [3.8, 4) is 5.75 Å². The van der Waals surface area contributed by atoms with Gasteiger partial charge in [0.25, 0.3) is 5.91 Å². The number of amides is 1. The van der Waals surface area contributed by atoms with Gasteiger partial charge in [-0.2, -0.15) is 0 Å². The van der Waals surface area contributed by atoms with E-state index in [2.05, 4.69) is 20.5 Å². The molecule has 1 aromatic carbocycles. The molecule has 0 atom stereocenters. The second-order valence-electron chi connectivity index (χ2n) is 4.11. The molecule has 1 aromatic heterocycles. The van der Waals surface area contributed by atoms with Crippen LogP contribution in [0.15, 0.2) is 23.1 Å². The van der Waals surface area contributed by atoms with Crippen LogP contribution in [-0.4, -0.2) is 36.6 Å². The van der Waals surface area contributed by atoms with Crippen molar-refractivity contribution in [1.82, 2.24) is 15.2 Å². The van der Waals surface area contributed by atoms with E-state index >= 15 is 0 Å². The van der Waals surface area contributed by atoms with Gasteiger partial charge in [0.15, 0.2) is 0 Å². The van der Waals surface area contributed by atoms with Gasteiger partial charge in [-0.25, -0.2) is 18.5 Å². The quantitative estimate of drug-likeness (QED) is 0.727. The van der Waals surface area contributed by atoms with Crippen LogP contribution in [0.4, 0.5) is 5.69 Å². The lowest BCUT2D eigenvalue weighted by molar-refractivity contribution is 0.101. The summed E-state index contributed by atoms with van der Waals surface area (Å²) in [6, 6.07) is 3.87. The number of carbonyl (C=O) groups excluding carboxylic acids is 1. The standard InChI is InChI=1S/C11H13N5O4S/c1-6-13-10(16-15-6)11(17)14-8-5-7(21(12,18)19)3-4-9(8)20-2/h3-5H,1-2H3,(H,14,17)(H2,12,18,19)(H,13,15,16). The van der Waals surface area contributed by atoms with Gasteiger partial charge >= 0.3 is 0 Å². The zero-order valence-corrected chi connectivity index (χ0v) is 12.1. The highest BCUT2D eigenvalue weighted by Gasteiger charge is 2.17. The zero-order chi connectivity index (χ0) is 15.6. The number of primary sulfonamides is 1. The molecular weight excluding hydrogens is 298 g/mol. The number of rotatable bonds is 4. The Kier molecular flexibility index (Phi) is 3.91. The van der Waals surface area contributed by atoms with Gasteiger partial charge in [0, 0.05) is 0 Å². The minimum atomic E-state index is -3.89. The fourth-order valence-corrected chi connectivity index (χ4v) is 2.12. The minimum absolute atomic E-state index is 0.0736. The first kappa shape index (κ1) is 14.9. The maximum absolute atomic E-state index is 12.0. The molecule has 10 heteroatoms. The molecule has 0 radical (unpaired) electrons. The van der Waals surface area contributed by atoms with E-state index in [9.17, 15) is 13.2 Å². The maximum Gasteiger partial charge on any atom is 0.295 e. The van der Waals surface area contributed by atoms with Gasteiger partial charge in [-0.05, 0) is 25.1 Å². The van der Waals surface area contributed by atoms with E-state index in [0.717, 1.165) is 0 Å². The van der Waals surface area contributed by atoms with Crippen LogP contribution in [0, 0.1) is 6.92 Å². The first-order valence-electron chi connectivity index (χ1n) is 5.72. The number of nitrogens with two attached hydrogens (primary N) is 1. The van der Waals surface area contributed by atoms with Gasteiger partial charge in [-0.3, -0.25) is 9.89 Å². The summed E-state index contributed by atoms with van der Waals surface area (Å²) in [5, 5.41) is 13.8. The molecular formula is C11H13N5O4S. The molecule has 0 bridgehead atoms. The van der Waals surface area contributed by atoms with Crippen LogP contribution in [-0.2, 0) is 10.0 Å². The molecule has 0 aliphatic rings.